The Morgan fingerprint density at radius 3 is 2.28 bits per heavy atom. The molecule has 0 amide bonds. The van der Waals surface area contributed by atoms with Crippen LogP contribution in [0, 0.1) is 13.8 Å². The maximum Gasteiger partial charge on any atom is 0.282 e. The average Bonchev–Trinajstić information content (AvgIpc) is 3.03. The topological polar surface area (TPSA) is 53.1 Å². The van der Waals surface area contributed by atoms with E-state index in [2.05, 4.69) is 36.9 Å². The van der Waals surface area contributed by atoms with Crippen LogP contribution in [0.15, 0.2) is 18.2 Å². The second-order valence-corrected chi connectivity index (χ2v) is 8.98. The predicted molar refractivity (Wildman–Crippen MR) is 100 cm³/mol. The Bertz CT molecular complexity index is 679. The van der Waals surface area contributed by atoms with Gasteiger partial charge in [0.15, 0.2) is 0 Å². The smallest absolute Gasteiger partial charge is 0.282 e. The lowest BCUT2D eigenvalue weighted by molar-refractivity contribution is 0.145. The van der Waals surface area contributed by atoms with Crippen molar-refractivity contribution < 1.29 is 13.2 Å². The van der Waals surface area contributed by atoms with Crippen molar-refractivity contribution in [1.29, 1.82) is 0 Å². The Hall–Kier alpha value is -1.15. The molecule has 0 bridgehead atoms. The van der Waals surface area contributed by atoms with Gasteiger partial charge in [0, 0.05) is 51.6 Å². The van der Waals surface area contributed by atoms with Gasteiger partial charge in [0.25, 0.3) is 10.2 Å². The zero-order chi connectivity index (χ0) is 18.0. The quantitative estimate of drug-likeness (QED) is 0.796. The van der Waals surface area contributed by atoms with Crippen LogP contribution in [0.4, 0.5) is 5.69 Å². The molecule has 1 aromatic rings. The summed E-state index contributed by atoms with van der Waals surface area (Å²) < 4.78 is 34.5. The van der Waals surface area contributed by atoms with E-state index in [0.717, 1.165) is 25.9 Å². The van der Waals surface area contributed by atoms with Gasteiger partial charge in [-0.2, -0.15) is 17.0 Å². The van der Waals surface area contributed by atoms with Gasteiger partial charge in [-0.1, -0.05) is 6.07 Å². The highest BCUT2D eigenvalue weighted by atomic mass is 32.2. The molecule has 0 N–H and O–H groups in total. The van der Waals surface area contributed by atoms with E-state index in [1.54, 1.807) is 15.7 Å². The van der Waals surface area contributed by atoms with Crippen molar-refractivity contribution in [2.45, 2.75) is 32.7 Å². The molecule has 25 heavy (non-hydrogen) atoms. The third-order valence-electron chi connectivity index (χ3n) is 5.12. The highest BCUT2D eigenvalue weighted by molar-refractivity contribution is 7.86. The first-order chi connectivity index (χ1) is 11.9. The molecule has 1 atom stereocenters. The molecule has 0 radical (unpaired) electrons. The lowest BCUT2D eigenvalue weighted by Crippen LogP contribution is -2.54. The minimum absolute atomic E-state index is 0.0209. The Morgan fingerprint density at radius 2 is 1.68 bits per heavy atom. The maximum atomic E-state index is 13.0. The molecule has 0 aliphatic carbocycles. The summed E-state index contributed by atoms with van der Waals surface area (Å²) in [6.07, 6.45) is 1.80. The second kappa shape index (κ2) is 7.61. The fraction of sp³-hybridized carbons (Fsp3) is 0.667. The van der Waals surface area contributed by atoms with E-state index < -0.39 is 10.2 Å². The van der Waals surface area contributed by atoms with Crippen molar-refractivity contribution in [3.8, 4) is 0 Å². The molecule has 0 aromatic heterocycles. The molecule has 140 valence electrons. The van der Waals surface area contributed by atoms with Crippen LogP contribution in [-0.2, 0) is 14.9 Å². The fourth-order valence-corrected chi connectivity index (χ4v) is 5.75. The maximum absolute atomic E-state index is 13.0. The van der Waals surface area contributed by atoms with E-state index >= 15 is 0 Å². The van der Waals surface area contributed by atoms with Gasteiger partial charge in [-0.05, 0) is 49.9 Å². The molecule has 6 nitrogen and oxygen atoms in total. The van der Waals surface area contributed by atoms with Crippen LogP contribution >= 0.6 is 0 Å². The fourth-order valence-electron chi connectivity index (χ4n) is 3.93. The molecule has 0 saturated carbocycles. The van der Waals surface area contributed by atoms with Crippen molar-refractivity contribution in [1.82, 2.24) is 8.61 Å². The summed E-state index contributed by atoms with van der Waals surface area (Å²) in [5, 5.41) is 0. The normalized spacial score (nSPS) is 23.3. The molecule has 7 heteroatoms. The van der Waals surface area contributed by atoms with Crippen molar-refractivity contribution in [3.05, 3.63) is 29.3 Å². The van der Waals surface area contributed by atoms with Crippen molar-refractivity contribution in [3.63, 3.8) is 0 Å². The summed E-state index contributed by atoms with van der Waals surface area (Å²) in [4.78, 5) is 2.28. The van der Waals surface area contributed by atoms with E-state index in [1.807, 2.05) is 0 Å². The summed E-state index contributed by atoms with van der Waals surface area (Å²) in [6.45, 7) is 7.79. The van der Waals surface area contributed by atoms with Crippen LogP contribution in [0.2, 0.25) is 0 Å². The van der Waals surface area contributed by atoms with Gasteiger partial charge in [-0.3, -0.25) is 0 Å². The first-order valence-electron chi connectivity index (χ1n) is 9.01. The summed E-state index contributed by atoms with van der Waals surface area (Å²) >= 11 is 0. The van der Waals surface area contributed by atoms with Crippen LogP contribution in [-0.4, -0.2) is 69.5 Å². The predicted octanol–water partition coefficient (Wildman–Crippen LogP) is 1.78. The molecule has 2 heterocycles. The number of piperazine rings is 1. The van der Waals surface area contributed by atoms with Gasteiger partial charge in [0.05, 0.1) is 6.61 Å². The Balaban J connectivity index is 1.67. The minimum Gasteiger partial charge on any atom is -0.383 e. The van der Waals surface area contributed by atoms with Crippen molar-refractivity contribution >= 4 is 15.9 Å². The van der Waals surface area contributed by atoms with E-state index in [1.165, 1.54) is 16.8 Å². The van der Waals surface area contributed by atoms with Gasteiger partial charge in [-0.25, -0.2) is 0 Å². The molecular formula is C18H29N3O3S. The van der Waals surface area contributed by atoms with Crippen LogP contribution in [0.25, 0.3) is 0 Å². The minimum atomic E-state index is -3.40. The molecule has 2 fully saturated rings. The SMILES string of the molecule is COC[C@@H]1CCCN1S(=O)(=O)N1CCN(c2cc(C)cc(C)c2)CC1. The number of aryl methyl sites for hydroxylation is 2. The molecule has 2 aliphatic rings. The van der Waals surface area contributed by atoms with E-state index in [9.17, 15) is 8.42 Å². The van der Waals surface area contributed by atoms with Crippen LogP contribution < -0.4 is 4.90 Å². The first kappa shape index (κ1) is 18.6. The van der Waals surface area contributed by atoms with Gasteiger partial charge in [0.1, 0.15) is 0 Å². The molecular weight excluding hydrogens is 338 g/mol. The standard InChI is InChI=1S/C18H29N3O3S/c1-15-11-16(2)13-18(12-15)19-7-9-20(10-8-19)25(22,23)21-6-4-5-17(21)14-24-3/h11-13,17H,4-10,14H2,1-3H3/t17-/m0/s1. The number of benzene rings is 1. The molecule has 1 aromatic carbocycles. The summed E-state index contributed by atoms with van der Waals surface area (Å²) in [6, 6.07) is 6.49. The van der Waals surface area contributed by atoms with Crippen LogP contribution in [0.5, 0.6) is 0 Å². The third kappa shape index (κ3) is 4.00. The van der Waals surface area contributed by atoms with Crippen LogP contribution in [0.3, 0.4) is 0 Å². The van der Waals surface area contributed by atoms with Gasteiger partial charge < -0.3 is 9.64 Å². The number of anilines is 1. The molecule has 0 unspecified atom stereocenters. The van der Waals surface area contributed by atoms with Gasteiger partial charge in [0.2, 0.25) is 0 Å². The Kier molecular flexibility index (Phi) is 5.68. The summed E-state index contributed by atoms with van der Waals surface area (Å²) in [5.74, 6) is 0. The molecule has 0 spiro atoms. The Labute approximate surface area is 151 Å². The first-order valence-corrected chi connectivity index (χ1v) is 10.4. The highest BCUT2D eigenvalue weighted by Crippen LogP contribution is 2.26. The zero-order valence-electron chi connectivity index (χ0n) is 15.4. The molecule has 2 aliphatic heterocycles. The van der Waals surface area contributed by atoms with Crippen molar-refractivity contribution in [2.24, 2.45) is 0 Å². The lowest BCUT2D eigenvalue weighted by Gasteiger charge is -2.38. The third-order valence-corrected chi connectivity index (χ3v) is 7.21. The van der Waals surface area contributed by atoms with Gasteiger partial charge >= 0.3 is 0 Å². The summed E-state index contributed by atoms with van der Waals surface area (Å²) in [7, 11) is -1.76. The van der Waals surface area contributed by atoms with E-state index in [4.69, 9.17) is 4.74 Å². The number of methoxy groups -OCH3 is 1. The number of hydrogen-bond donors (Lipinski definition) is 0. The number of hydrogen-bond acceptors (Lipinski definition) is 4. The second-order valence-electron chi connectivity index (χ2n) is 7.10. The lowest BCUT2D eigenvalue weighted by atomic mass is 10.1. The van der Waals surface area contributed by atoms with E-state index in [0.29, 0.717) is 26.2 Å². The largest absolute Gasteiger partial charge is 0.383 e. The number of rotatable bonds is 5. The summed E-state index contributed by atoms with van der Waals surface area (Å²) in [5.41, 5.74) is 3.67. The number of ether oxygens (including phenoxy) is 1. The zero-order valence-corrected chi connectivity index (χ0v) is 16.3. The average molecular weight is 368 g/mol. The highest BCUT2D eigenvalue weighted by Gasteiger charge is 2.39. The number of nitrogens with zero attached hydrogens (tertiary/aromatic N) is 3. The Morgan fingerprint density at radius 1 is 1.04 bits per heavy atom. The van der Waals surface area contributed by atoms with Crippen molar-refractivity contribution in [2.75, 3.05) is 51.3 Å². The molecule has 3 rings (SSSR count). The van der Waals surface area contributed by atoms with E-state index in [-0.39, 0.29) is 6.04 Å². The van der Waals surface area contributed by atoms with Crippen LogP contribution in [0.1, 0.15) is 24.0 Å². The van der Waals surface area contributed by atoms with Gasteiger partial charge in [-0.15, -0.1) is 0 Å². The molecule has 2 saturated heterocycles. The monoisotopic (exact) mass is 367 g/mol.